The van der Waals surface area contributed by atoms with Gasteiger partial charge in [-0.2, -0.15) is 0 Å². The Morgan fingerprint density at radius 1 is 1.33 bits per heavy atom. The SMILES string of the molecule is C=C1CC(Cc2ccc(Cl)cc2Cl)=CN1. The zero-order valence-corrected chi connectivity index (χ0v) is 9.70. The van der Waals surface area contributed by atoms with Crippen molar-refractivity contribution in [3.8, 4) is 0 Å². The first-order valence-corrected chi connectivity index (χ1v) is 5.47. The second-order valence-electron chi connectivity index (χ2n) is 3.64. The molecule has 3 heteroatoms. The molecule has 2 rings (SSSR count). The van der Waals surface area contributed by atoms with Gasteiger partial charge in [-0.05, 0) is 29.7 Å². The smallest absolute Gasteiger partial charge is 0.0456 e. The Labute approximate surface area is 99.4 Å². The third-order valence-corrected chi connectivity index (χ3v) is 2.94. The minimum absolute atomic E-state index is 0.673. The summed E-state index contributed by atoms with van der Waals surface area (Å²) in [6.07, 6.45) is 3.74. The third kappa shape index (κ3) is 2.55. The molecule has 1 nitrogen and oxygen atoms in total. The van der Waals surface area contributed by atoms with Crippen LogP contribution in [0.2, 0.25) is 10.0 Å². The van der Waals surface area contributed by atoms with Gasteiger partial charge in [-0.3, -0.25) is 0 Å². The summed E-state index contributed by atoms with van der Waals surface area (Å²) in [6, 6.07) is 5.60. The van der Waals surface area contributed by atoms with Crippen molar-refractivity contribution >= 4 is 23.2 Å². The molecule has 15 heavy (non-hydrogen) atoms. The van der Waals surface area contributed by atoms with Gasteiger partial charge in [0.2, 0.25) is 0 Å². The molecule has 0 aliphatic carbocycles. The molecule has 0 unspecified atom stereocenters. The highest BCUT2D eigenvalue weighted by Gasteiger charge is 2.10. The van der Waals surface area contributed by atoms with E-state index in [1.165, 1.54) is 5.57 Å². The van der Waals surface area contributed by atoms with E-state index in [-0.39, 0.29) is 0 Å². The minimum Gasteiger partial charge on any atom is -0.365 e. The van der Waals surface area contributed by atoms with E-state index in [0.717, 1.165) is 29.1 Å². The van der Waals surface area contributed by atoms with Crippen molar-refractivity contribution in [2.75, 3.05) is 0 Å². The average Bonchev–Trinajstić information content (AvgIpc) is 2.56. The first-order chi connectivity index (χ1) is 7.15. The highest BCUT2D eigenvalue weighted by atomic mass is 35.5. The molecule has 1 aromatic carbocycles. The maximum atomic E-state index is 6.09. The fourth-order valence-corrected chi connectivity index (χ4v) is 2.08. The van der Waals surface area contributed by atoms with Crippen molar-refractivity contribution in [2.45, 2.75) is 12.8 Å². The monoisotopic (exact) mass is 239 g/mol. The second kappa shape index (κ2) is 4.30. The summed E-state index contributed by atoms with van der Waals surface area (Å²) < 4.78 is 0. The molecule has 0 amide bonds. The Kier molecular flexibility index (Phi) is 3.03. The maximum Gasteiger partial charge on any atom is 0.0456 e. The van der Waals surface area contributed by atoms with Crippen LogP contribution >= 0.6 is 23.2 Å². The Bertz CT molecular complexity index is 435. The summed E-state index contributed by atoms with van der Waals surface area (Å²) in [5.74, 6) is 0. The number of benzene rings is 1. The lowest BCUT2D eigenvalue weighted by Crippen LogP contribution is -1.93. The van der Waals surface area contributed by atoms with Crippen LogP contribution in [0.4, 0.5) is 0 Å². The van der Waals surface area contributed by atoms with E-state index in [0.29, 0.717) is 5.02 Å². The van der Waals surface area contributed by atoms with Crippen molar-refractivity contribution < 1.29 is 0 Å². The quantitative estimate of drug-likeness (QED) is 0.825. The molecule has 0 aromatic heterocycles. The van der Waals surface area contributed by atoms with E-state index in [1.807, 2.05) is 18.3 Å². The van der Waals surface area contributed by atoms with E-state index in [9.17, 15) is 0 Å². The van der Waals surface area contributed by atoms with Crippen molar-refractivity contribution in [1.29, 1.82) is 0 Å². The third-order valence-electron chi connectivity index (χ3n) is 2.35. The minimum atomic E-state index is 0.673. The van der Waals surface area contributed by atoms with Gasteiger partial charge in [-0.25, -0.2) is 0 Å². The normalized spacial score (nSPS) is 15.1. The molecule has 1 aromatic rings. The van der Waals surface area contributed by atoms with E-state index in [2.05, 4.69) is 11.9 Å². The molecule has 1 N–H and O–H groups in total. The molecule has 0 radical (unpaired) electrons. The van der Waals surface area contributed by atoms with E-state index in [1.54, 1.807) is 6.07 Å². The molecule has 0 spiro atoms. The first-order valence-electron chi connectivity index (χ1n) is 4.71. The Morgan fingerprint density at radius 3 is 2.73 bits per heavy atom. The van der Waals surface area contributed by atoms with Crippen molar-refractivity contribution in [3.63, 3.8) is 0 Å². The molecule has 1 aliphatic rings. The van der Waals surface area contributed by atoms with Crippen molar-refractivity contribution in [1.82, 2.24) is 5.32 Å². The van der Waals surface area contributed by atoms with Crippen LogP contribution in [0.3, 0.4) is 0 Å². The molecule has 0 saturated carbocycles. The van der Waals surface area contributed by atoms with Crippen molar-refractivity contribution in [2.24, 2.45) is 0 Å². The summed E-state index contributed by atoms with van der Waals surface area (Å²) in [4.78, 5) is 0. The van der Waals surface area contributed by atoms with E-state index < -0.39 is 0 Å². The standard InChI is InChI=1S/C12H11Cl2N/c1-8-4-9(7-15-8)5-10-2-3-11(13)6-12(10)14/h2-3,6-7,15H,1,4-5H2. The average molecular weight is 240 g/mol. The van der Waals surface area contributed by atoms with Crippen LogP contribution in [0, 0.1) is 0 Å². The highest BCUT2D eigenvalue weighted by Crippen LogP contribution is 2.26. The number of nitrogens with one attached hydrogen (secondary N) is 1. The predicted octanol–water partition coefficient (Wildman–Crippen LogP) is 3.93. The molecule has 1 aliphatic heterocycles. The Balaban J connectivity index is 2.14. The van der Waals surface area contributed by atoms with Crippen LogP contribution in [-0.2, 0) is 6.42 Å². The number of halogens is 2. The fourth-order valence-electron chi connectivity index (χ4n) is 1.60. The summed E-state index contributed by atoms with van der Waals surface area (Å²) in [7, 11) is 0. The maximum absolute atomic E-state index is 6.09. The van der Waals surface area contributed by atoms with Gasteiger partial charge in [-0.15, -0.1) is 0 Å². The highest BCUT2D eigenvalue weighted by molar-refractivity contribution is 6.35. The van der Waals surface area contributed by atoms with Crippen LogP contribution in [0.5, 0.6) is 0 Å². The molecule has 0 saturated heterocycles. The first kappa shape index (κ1) is 10.6. The molecule has 0 bridgehead atoms. The van der Waals surface area contributed by atoms with Crippen LogP contribution in [0.1, 0.15) is 12.0 Å². The van der Waals surface area contributed by atoms with Crippen LogP contribution in [0.25, 0.3) is 0 Å². The molecule has 78 valence electrons. The van der Waals surface area contributed by atoms with Gasteiger partial charge < -0.3 is 5.32 Å². The van der Waals surface area contributed by atoms with Crippen LogP contribution in [-0.4, -0.2) is 0 Å². The van der Waals surface area contributed by atoms with Crippen LogP contribution in [0.15, 0.2) is 42.2 Å². The van der Waals surface area contributed by atoms with Gasteiger partial charge in [-0.1, -0.05) is 35.8 Å². The van der Waals surface area contributed by atoms with E-state index in [4.69, 9.17) is 23.2 Å². The summed E-state index contributed by atoms with van der Waals surface area (Å²) >= 11 is 11.9. The lowest BCUT2D eigenvalue weighted by atomic mass is 10.0. The molecule has 0 fully saturated rings. The molecular weight excluding hydrogens is 229 g/mol. The van der Waals surface area contributed by atoms with Crippen molar-refractivity contribution in [3.05, 3.63) is 57.9 Å². The molecular formula is C12H11Cl2N. The van der Waals surface area contributed by atoms with Gasteiger partial charge in [0, 0.05) is 28.4 Å². The largest absolute Gasteiger partial charge is 0.365 e. The number of allylic oxidation sites excluding steroid dienone is 1. The zero-order valence-electron chi connectivity index (χ0n) is 8.19. The summed E-state index contributed by atoms with van der Waals surface area (Å²) in [5, 5.41) is 4.49. The summed E-state index contributed by atoms with van der Waals surface area (Å²) in [5.41, 5.74) is 3.43. The Morgan fingerprint density at radius 2 is 2.13 bits per heavy atom. The van der Waals surface area contributed by atoms with E-state index >= 15 is 0 Å². The second-order valence-corrected chi connectivity index (χ2v) is 4.48. The van der Waals surface area contributed by atoms with Gasteiger partial charge in [0.1, 0.15) is 0 Å². The van der Waals surface area contributed by atoms with Gasteiger partial charge in [0.15, 0.2) is 0 Å². The summed E-state index contributed by atoms with van der Waals surface area (Å²) in [6.45, 7) is 3.87. The lowest BCUT2D eigenvalue weighted by molar-refractivity contribution is 1.04. The molecule has 1 heterocycles. The van der Waals surface area contributed by atoms with Gasteiger partial charge in [0.05, 0.1) is 0 Å². The number of rotatable bonds is 2. The van der Waals surface area contributed by atoms with Gasteiger partial charge in [0.25, 0.3) is 0 Å². The predicted molar refractivity (Wildman–Crippen MR) is 65.1 cm³/mol. The molecule has 0 atom stereocenters. The van der Waals surface area contributed by atoms with Crippen LogP contribution < -0.4 is 5.32 Å². The topological polar surface area (TPSA) is 12.0 Å². The fraction of sp³-hybridized carbons (Fsp3) is 0.167. The van der Waals surface area contributed by atoms with Gasteiger partial charge >= 0.3 is 0 Å². The lowest BCUT2D eigenvalue weighted by Gasteiger charge is -2.04. The number of hydrogen-bond acceptors (Lipinski definition) is 1. The zero-order chi connectivity index (χ0) is 10.8. The Hall–Kier alpha value is -0.920. The number of hydrogen-bond donors (Lipinski definition) is 1.